The van der Waals surface area contributed by atoms with Crippen LogP contribution in [-0.2, 0) is 20.2 Å². The van der Waals surface area contributed by atoms with Gasteiger partial charge in [0.25, 0.3) is 25.9 Å². The SMILES string of the molecule is [N-]=[N+]=C1C=CC2C(=CC(S(=O)(=O)O)=CC2S(=O)(=O)O)C1. The van der Waals surface area contributed by atoms with Crippen LogP contribution in [-0.4, -0.2) is 41.7 Å². The van der Waals surface area contributed by atoms with Crippen molar-refractivity contribution in [1.29, 1.82) is 0 Å². The van der Waals surface area contributed by atoms with Gasteiger partial charge in [-0.2, -0.15) is 21.6 Å². The van der Waals surface area contributed by atoms with Crippen LogP contribution in [0.15, 0.2) is 34.8 Å². The van der Waals surface area contributed by atoms with Crippen molar-refractivity contribution in [3.8, 4) is 0 Å². The van der Waals surface area contributed by atoms with Crippen molar-refractivity contribution >= 4 is 25.9 Å². The first-order valence-corrected chi connectivity index (χ1v) is 8.32. The van der Waals surface area contributed by atoms with E-state index in [1.807, 2.05) is 0 Å². The van der Waals surface area contributed by atoms with Gasteiger partial charge < -0.3 is 5.53 Å². The van der Waals surface area contributed by atoms with Gasteiger partial charge in [0.15, 0.2) is 0 Å². The lowest BCUT2D eigenvalue weighted by Gasteiger charge is -2.27. The van der Waals surface area contributed by atoms with Crippen LogP contribution in [0.2, 0.25) is 0 Å². The summed E-state index contributed by atoms with van der Waals surface area (Å²) in [4.78, 5) is 2.35. The molecule has 2 aliphatic rings. The Bertz CT molecular complexity index is 797. The molecule has 0 amide bonds. The molecule has 0 aromatic carbocycles. The largest absolute Gasteiger partial charge is 0.361 e. The Balaban J connectivity index is 2.64. The van der Waals surface area contributed by atoms with Crippen molar-refractivity contribution in [2.75, 3.05) is 0 Å². The molecule has 0 bridgehead atoms. The lowest BCUT2D eigenvalue weighted by Crippen LogP contribution is -2.33. The predicted molar refractivity (Wildman–Crippen MR) is 68.9 cm³/mol. The number of allylic oxidation sites excluding steroid dienone is 4. The Labute approximate surface area is 115 Å². The van der Waals surface area contributed by atoms with E-state index in [1.54, 1.807) is 0 Å². The van der Waals surface area contributed by atoms with E-state index in [0.29, 0.717) is 5.57 Å². The average Bonchev–Trinajstić information content (AvgIpc) is 2.34. The quantitative estimate of drug-likeness (QED) is 0.422. The Morgan fingerprint density at radius 3 is 2.40 bits per heavy atom. The maximum absolute atomic E-state index is 11.4. The third kappa shape index (κ3) is 2.79. The highest BCUT2D eigenvalue weighted by atomic mass is 32.2. The Kier molecular flexibility index (Phi) is 3.53. The molecule has 2 unspecified atom stereocenters. The van der Waals surface area contributed by atoms with Gasteiger partial charge in [-0.3, -0.25) is 9.11 Å². The Morgan fingerprint density at radius 2 is 1.90 bits per heavy atom. The number of rotatable bonds is 2. The van der Waals surface area contributed by atoms with Crippen molar-refractivity contribution in [2.24, 2.45) is 5.92 Å². The third-order valence-corrected chi connectivity index (χ3v) is 5.06. The minimum Gasteiger partial charge on any atom is -0.361 e. The van der Waals surface area contributed by atoms with Crippen molar-refractivity contribution in [3.05, 3.63) is 40.3 Å². The molecule has 2 rings (SSSR count). The van der Waals surface area contributed by atoms with Gasteiger partial charge in [0.2, 0.25) is 0 Å². The number of fused-ring (bicyclic) bond motifs is 1. The van der Waals surface area contributed by atoms with E-state index in [9.17, 15) is 21.4 Å². The Morgan fingerprint density at radius 1 is 1.25 bits per heavy atom. The second kappa shape index (κ2) is 4.76. The van der Waals surface area contributed by atoms with Gasteiger partial charge in [-0.05, 0) is 17.7 Å². The van der Waals surface area contributed by atoms with E-state index in [1.165, 1.54) is 12.2 Å². The predicted octanol–water partition coefficient (Wildman–Crippen LogP) is 0.201. The first-order valence-electron chi connectivity index (χ1n) is 5.38. The number of hydrogen-bond acceptors (Lipinski definition) is 4. The molecule has 0 saturated carbocycles. The summed E-state index contributed by atoms with van der Waals surface area (Å²) in [6, 6.07) is 0. The second-order valence-electron chi connectivity index (χ2n) is 4.40. The molecule has 10 heteroatoms. The summed E-state index contributed by atoms with van der Waals surface area (Å²) in [5.41, 5.74) is 9.20. The maximum Gasteiger partial charge on any atom is 0.295 e. The number of hydrogen-bond donors (Lipinski definition) is 2. The molecule has 2 atom stereocenters. The first kappa shape index (κ1) is 14.8. The molecular formula is C10H10N2O6S2. The summed E-state index contributed by atoms with van der Waals surface area (Å²) in [5, 5.41) is -1.52. The van der Waals surface area contributed by atoms with Gasteiger partial charge in [0.1, 0.15) is 5.25 Å². The zero-order chi connectivity index (χ0) is 15.1. The lowest BCUT2D eigenvalue weighted by molar-refractivity contribution is -0.00597. The van der Waals surface area contributed by atoms with Crippen molar-refractivity contribution < 1.29 is 30.7 Å². The summed E-state index contributed by atoms with van der Waals surface area (Å²) in [6.07, 6.45) is 4.67. The monoisotopic (exact) mass is 318 g/mol. The highest BCUT2D eigenvalue weighted by molar-refractivity contribution is 7.90. The van der Waals surface area contributed by atoms with Gasteiger partial charge in [0, 0.05) is 12.0 Å². The van der Waals surface area contributed by atoms with Crippen molar-refractivity contribution in [3.63, 3.8) is 0 Å². The van der Waals surface area contributed by atoms with Gasteiger partial charge in [-0.25, -0.2) is 0 Å². The van der Waals surface area contributed by atoms with Gasteiger partial charge in [0.05, 0.1) is 11.3 Å². The molecular weight excluding hydrogens is 308 g/mol. The van der Waals surface area contributed by atoms with Crippen LogP contribution in [0.3, 0.4) is 0 Å². The van der Waals surface area contributed by atoms with Crippen LogP contribution in [0.5, 0.6) is 0 Å². The molecule has 0 saturated heterocycles. The van der Waals surface area contributed by atoms with Gasteiger partial charge in [-0.15, -0.1) is 0 Å². The van der Waals surface area contributed by atoms with E-state index >= 15 is 0 Å². The minimum atomic E-state index is -4.61. The van der Waals surface area contributed by atoms with Crippen LogP contribution in [0.1, 0.15) is 6.42 Å². The van der Waals surface area contributed by atoms with Crippen molar-refractivity contribution in [2.45, 2.75) is 11.7 Å². The summed E-state index contributed by atoms with van der Waals surface area (Å²) >= 11 is 0. The van der Waals surface area contributed by atoms with Crippen LogP contribution in [0.4, 0.5) is 0 Å². The molecule has 0 aromatic heterocycles. The molecule has 0 aromatic rings. The zero-order valence-electron chi connectivity index (χ0n) is 9.91. The smallest absolute Gasteiger partial charge is 0.295 e. The average molecular weight is 318 g/mol. The lowest BCUT2D eigenvalue weighted by atomic mass is 9.83. The molecule has 20 heavy (non-hydrogen) atoms. The van der Waals surface area contributed by atoms with Crippen molar-refractivity contribution in [1.82, 2.24) is 0 Å². The first-order chi connectivity index (χ1) is 9.13. The van der Waals surface area contributed by atoms with Crippen LogP contribution in [0, 0.1) is 5.92 Å². The summed E-state index contributed by atoms with van der Waals surface area (Å²) in [5.74, 6) is -0.777. The highest BCUT2D eigenvalue weighted by Crippen LogP contribution is 2.35. The highest BCUT2D eigenvalue weighted by Gasteiger charge is 2.39. The van der Waals surface area contributed by atoms with E-state index < -0.39 is 36.3 Å². The molecule has 8 nitrogen and oxygen atoms in total. The molecule has 0 heterocycles. The fourth-order valence-corrected chi connectivity index (χ4v) is 3.85. The van der Waals surface area contributed by atoms with E-state index in [2.05, 4.69) is 4.79 Å². The van der Waals surface area contributed by atoms with E-state index in [4.69, 9.17) is 10.1 Å². The van der Waals surface area contributed by atoms with Gasteiger partial charge >= 0.3 is 0 Å². The molecule has 0 radical (unpaired) electrons. The van der Waals surface area contributed by atoms with Crippen LogP contribution >= 0.6 is 0 Å². The molecule has 108 valence electrons. The molecule has 0 fully saturated rings. The Hall–Kier alpha value is -1.58. The summed E-state index contributed by atoms with van der Waals surface area (Å²) < 4.78 is 63.2. The molecule has 2 aliphatic carbocycles. The molecule has 0 spiro atoms. The number of nitrogens with zero attached hydrogens (tertiary/aromatic N) is 2. The second-order valence-corrected chi connectivity index (χ2v) is 7.39. The summed E-state index contributed by atoms with van der Waals surface area (Å²) in [7, 11) is -9.17. The van der Waals surface area contributed by atoms with Crippen LogP contribution < -0.4 is 0 Å². The van der Waals surface area contributed by atoms with Gasteiger partial charge in [-0.1, -0.05) is 6.08 Å². The van der Waals surface area contributed by atoms with E-state index in [0.717, 1.165) is 12.2 Å². The standard InChI is InChI=1S/C10H10N2O6S2/c11-12-7-1-2-9-6(3-7)4-8(19(13,14)15)5-10(9)20(16,17)18/h1-2,4-5,9-10H,3H2,(H,13,14,15)(H,16,17,18). The topological polar surface area (TPSA) is 145 Å². The summed E-state index contributed by atoms with van der Waals surface area (Å²) in [6.45, 7) is 0. The van der Waals surface area contributed by atoms with E-state index in [-0.39, 0.29) is 12.1 Å². The fourth-order valence-electron chi connectivity index (χ4n) is 2.19. The fraction of sp³-hybridized carbons (Fsp3) is 0.300. The minimum absolute atomic E-state index is 0.0105. The van der Waals surface area contributed by atoms with Crippen LogP contribution in [0.25, 0.3) is 5.53 Å². The third-order valence-electron chi connectivity index (χ3n) is 3.09. The normalized spacial score (nSPS) is 26.4. The molecule has 2 N–H and O–H groups in total. The maximum atomic E-state index is 11.4. The molecule has 0 aliphatic heterocycles. The zero-order valence-corrected chi connectivity index (χ0v) is 11.5.